The Hall–Kier alpha value is -1.13. The van der Waals surface area contributed by atoms with E-state index in [4.69, 9.17) is 10.5 Å². The van der Waals surface area contributed by atoms with Crippen LogP contribution in [-0.2, 0) is 4.74 Å². The van der Waals surface area contributed by atoms with Crippen molar-refractivity contribution in [1.29, 1.82) is 0 Å². The Balaban J connectivity index is 2.13. The highest BCUT2D eigenvalue weighted by molar-refractivity contribution is 5.46. The van der Waals surface area contributed by atoms with Crippen LogP contribution in [0.2, 0.25) is 0 Å². The molecule has 2 heterocycles. The number of hydrogen-bond donors (Lipinski definition) is 1. The molecule has 1 aliphatic rings. The van der Waals surface area contributed by atoms with Gasteiger partial charge < -0.3 is 15.4 Å². The summed E-state index contributed by atoms with van der Waals surface area (Å²) in [6, 6.07) is 4.19. The van der Waals surface area contributed by atoms with Gasteiger partial charge in [-0.3, -0.25) is 4.98 Å². The number of nitrogens with zero attached hydrogens (tertiary/aromatic N) is 2. The lowest BCUT2D eigenvalue weighted by Gasteiger charge is -2.42. The minimum absolute atomic E-state index is 0.0362. The fourth-order valence-electron chi connectivity index (χ4n) is 2.66. The molecule has 0 spiro atoms. The third kappa shape index (κ3) is 3.45. The highest BCUT2D eigenvalue weighted by atomic mass is 16.5. The Kier molecular flexibility index (Phi) is 4.11. The maximum atomic E-state index is 5.99. The van der Waals surface area contributed by atoms with Gasteiger partial charge in [-0.2, -0.15) is 0 Å². The van der Waals surface area contributed by atoms with Gasteiger partial charge in [0.2, 0.25) is 0 Å². The maximum Gasteiger partial charge on any atom is 0.0805 e. The van der Waals surface area contributed by atoms with Crippen molar-refractivity contribution in [3.63, 3.8) is 0 Å². The second-order valence-corrected chi connectivity index (χ2v) is 6.02. The van der Waals surface area contributed by atoms with Gasteiger partial charge in [0.25, 0.3) is 0 Å². The van der Waals surface area contributed by atoms with Crippen molar-refractivity contribution in [3.05, 3.63) is 24.0 Å². The molecule has 4 nitrogen and oxygen atoms in total. The first kappa shape index (κ1) is 14.3. The normalized spacial score (nSPS) is 24.3. The summed E-state index contributed by atoms with van der Waals surface area (Å²) in [5.41, 5.74) is 7.99. The predicted molar refractivity (Wildman–Crippen MR) is 78.3 cm³/mol. The quantitative estimate of drug-likeness (QED) is 0.910. The second-order valence-electron chi connectivity index (χ2n) is 6.02. The van der Waals surface area contributed by atoms with E-state index < -0.39 is 0 Å². The summed E-state index contributed by atoms with van der Waals surface area (Å²) in [6.45, 7) is 10.2. The van der Waals surface area contributed by atoms with E-state index in [-0.39, 0.29) is 17.7 Å². The van der Waals surface area contributed by atoms with Gasteiger partial charge >= 0.3 is 0 Å². The van der Waals surface area contributed by atoms with Crippen LogP contribution >= 0.6 is 0 Å². The number of ether oxygens (including phenoxy) is 1. The summed E-state index contributed by atoms with van der Waals surface area (Å²) < 4.78 is 5.92. The Morgan fingerprint density at radius 3 is 2.79 bits per heavy atom. The van der Waals surface area contributed by atoms with Crippen LogP contribution in [0.1, 0.15) is 45.9 Å². The van der Waals surface area contributed by atoms with Crippen LogP contribution in [0.25, 0.3) is 0 Å². The molecule has 1 aromatic heterocycles. The van der Waals surface area contributed by atoms with E-state index in [1.807, 2.05) is 12.3 Å². The first-order valence-electron chi connectivity index (χ1n) is 7.05. The van der Waals surface area contributed by atoms with E-state index in [1.165, 1.54) is 0 Å². The van der Waals surface area contributed by atoms with Crippen molar-refractivity contribution < 1.29 is 4.74 Å². The van der Waals surface area contributed by atoms with Gasteiger partial charge in [-0.25, -0.2) is 0 Å². The van der Waals surface area contributed by atoms with Gasteiger partial charge in [-0.1, -0.05) is 6.92 Å². The Morgan fingerprint density at radius 2 is 2.26 bits per heavy atom. The smallest absolute Gasteiger partial charge is 0.0805 e. The second kappa shape index (κ2) is 5.47. The fourth-order valence-corrected chi connectivity index (χ4v) is 2.66. The van der Waals surface area contributed by atoms with Gasteiger partial charge in [-0.05, 0) is 39.3 Å². The molecular formula is C15H25N3O. The van der Waals surface area contributed by atoms with E-state index in [2.05, 4.69) is 43.6 Å². The summed E-state index contributed by atoms with van der Waals surface area (Å²) in [6.07, 6.45) is 3.08. The number of nitrogens with two attached hydrogens (primary N) is 1. The van der Waals surface area contributed by atoms with Crippen LogP contribution < -0.4 is 10.6 Å². The molecule has 106 valence electrons. The molecule has 1 aromatic rings. The molecule has 1 aliphatic heterocycles. The lowest BCUT2D eigenvalue weighted by molar-refractivity contribution is -0.0749. The maximum absolute atomic E-state index is 5.99. The van der Waals surface area contributed by atoms with Crippen LogP contribution in [-0.4, -0.2) is 29.8 Å². The molecule has 0 aromatic carbocycles. The molecule has 0 saturated carbocycles. The highest BCUT2D eigenvalue weighted by Crippen LogP contribution is 2.26. The van der Waals surface area contributed by atoms with Gasteiger partial charge in [0, 0.05) is 19.1 Å². The van der Waals surface area contributed by atoms with Crippen molar-refractivity contribution in [2.24, 2.45) is 5.73 Å². The third-order valence-electron chi connectivity index (χ3n) is 3.52. The molecule has 0 amide bonds. The van der Waals surface area contributed by atoms with E-state index in [0.29, 0.717) is 0 Å². The summed E-state index contributed by atoms with van der Waals surface area (Å²) in [7, 11) is 0. The number of anilines is 1. The molecule has 0 radical (unpaired) electrons. The molecule has 4 heteroatoms. The van der Waals surface area contributed by atoms with Crippen molar-refractivity contribution in [3.8, 4) is 0 Å². The fraction of sp³-hybridized carbons (Fsp3) is 0.667. The molecule has 1 unspecified atom stereocenters. The van der Waals surface area contributed by atoms with Crippen LogP contribution in [0.3, 0.4) is 0 Å². The molecule has 0 aliphatic carbocycles. The first-order chi connectivity index (χ1) is 8.91. The number of hydrogen-bond acceptors (Lipinski definition) is 4. The summed E-state index contributed by atoms with van der Waals surface area (Å²) in [4.78, 5) is 6.83. The van der Waals surface area contributed by atoms with Crippen LogP contribution in [0.15, 0.2) is 18.3 Å². The summed E-state index contributed by atoms with van der Waals surface area (Å²) >= 11 is 0. The molecule has 0 bridgehead atoms. The average Bonchev–Trinajstić information content (AvgIpc) is 2.35. The number of aromatic nitrogens is 1. The van der Waals surface area contributed by atoms with Gasteiger partial charge in [0.05, 0.1) is 29.3 Å². The van der Waals surface area contributed by atoms with Crippen LogP contribution in [0.5, 0.6) is 0 Å². The SMILES string of the molecule is CC[C@H](N)c1ccc(N2CC(C)OC(C)(C)C2)cn1. The van der Waals surface area contributed by atoms with Gasteiger partial charge in [0.1, 0.15) is 0 Å². The molecule has 2 N–H and O–H groups in total. The topological polar surface area (TPSA) is 51.4 Å². The lowest BCUT2D eigenvalue weighted by atomic mass is 10.0. The van der Waals surface area contributed by atoms with E-state index in [1.54, 1.807) is 0 Å². The van der Waals surface area contributed by atoms with E-state index >= 15 is 0 Å². The summed E-state index contributed by atoms with van der Waals surface area (Å²) in [5, 5.41) is 0. The number of rotatable bonds is 3. The standard InChI is InChI=1S/C15H25N3O/c1-5-13(16)14-7-6-12(8-17-14)18-9-11(2)19-15(3,4)10-18/h6-8,11,13H,5,9-10,16H2,1-4H3/t11?,13-/m0/s1. The lowest BCUT2D eigenvalue weighted by Crippen LogP contribution is -2.52. The minimum Gasteiger partial charge on any atom is -0.369 e. The average molecular weight is 263 g/mol. The van der Waals surface area contributed by atoms with Gasteiger partial charge in [-0.15, -0.1) is 0 Å². The largest absolute Gasteiger partial charge is 0.369 e. The van der Waals surface area contributed by atoms with Gasteiger partial charge in [0.15, 0.2) is 0 Å². The highest BCUT2D eigenvalue weighted by Gasteiger charge is 2.31. The number of morpholine rings is 1. The number of pyridine rings is 1. The minimum atomic E-state index is -0.115. The molecule has 2 rings (SSSR count). The Morgan fingerprint density at radius 1 is 1.53 bits per heavy atom. The predicted octanol–water partition coefficient (Wildman–Crippen LogP) is 2.50. The van der Waals surface area contributed by atoms with E-state index in [9.17, 15) is 0 Å². The summed E-state index contributed by atoms with van der Waals surface area (Å²) in [5.74, 6) is 0. The zero-order valence-corrected chi connectivity index (χ0v) is 12.4. The molecule has 2 atom stereocenters. The van der Waals surface area contributed by atoms with Crippen LogP contribution in [0.4, 0.5) is 5.69 Å². The van der Waals surface area contributed by atoms with E-state index in [0.717, 1.165) is 30.9 Å². The van der Waals surface area contributed by atoms with Crippen molar-refractivity contribution >= 4 is 5.69 Å². The zero-order chi connectivity index (χ0) is 14.0. The zero-order valence-electron chi connectivity index (χ0n) is 12.4. The monoisotopic (exact) mass is 263 g/mol. The van der Waals surface area contributed by atoms with Crippen molar-refractivity contribution in [1.82, 2.24) is 4.98 Å². The first-order valence-corrected chi connectivity index (χ1v) is 7.05. The molecule has 1 fully saturated rings. The molecule has 19 heavy (non-hydrogen) atoms. The van der Waals surface area contributed by atoms with Crippen molar-refractivity contribution in [2.75, 3.05) is 18.0 Å². The third-order valence-corrected chi connectivity index (χ3v) is 3.52. The van der Waals surface area contributed by atoms with Crippen LogP contribution in [0, 0.1) is 0 Å². The Labute approximate surface area is 116 Å². The Bertz CT molecular complexity index is 416. The van der Waals surface area contributed by atoms with Crippen molar-refractivity contribution in [2.45, 2.75) is 51.9 Å². The molecule has 1 saturated heterocycles. The molecular weight excluding hydrogens is 238 g/mol.